The van der Waals surface area contributed by atoms with Crippen molar-refractivity contribution in [1.82, 2.24) is 0 Å². The monoisotopic (exact) mass is 294 g/mol. The molecule has 0 bridgehead atoms. The van der Waals surface area contributed by atoms with E-state index in [1.165, 1.54) is 18.4 Å². The highest BCUT2D eigenvalue weighted by Gasteiger charge is 2.34. The van der Waals surface area contributed by atoms with Crippen molar-refractivity contribution in [2.75, 3.05) is 12.4 Å². The molecule has 1 aliphatic rings. The Labute approximate surface area is 125 Å². The van der Waals surface area contributed by atoms with Gasteiger partial charge in [0.25, 0.3) is 0 Å². The van der Waals surface area contributed by atoms with Gasteiger partial charge in [-0.3, -0.25) is 4.21 Å². The SMILES string of the molecule is CCCC[C@@]1(C[S@@](=O)c2ccc(C)cc2)CCCCO1. The van der Waals surface area contributed by atoms with Crippen LogP contribution < -0.4 is 0 Å². The molecule has 2 nitrogen and oxygen atoms in total. The highest BCUT2D eigenvalue weighted by Crippen LogP contribution is 2.32. The Morgan fingerprint density at radius 1 is 1.25 bits per heavy atom. The molecule has 1 heterocycles. The van der Waals surface area contributed by atoms with Crippen LogP contribution in [0.25, 0.3) is 0 Å². The summed E-state index contributed by atoms with van der Waals surface area (Å²) in [7, 11) is -0.957. The van der Waals surface area contributed by atoms with Crippen molar-refractivity contribution < 1.29 is 8.95 Å². The molecule has 0 N–H and O–H groups in total. The van der Waals surface area contributed by atoms with Gasteiger partial charge in [-0.2, -0.15) is 0 Å². The minimum absolute atomic E-state index is 0.149. The lowest BCUT2D eigenvalue weighted by Gasteiger charge is -2.37. The number of unbranched alkanes of at least 4 members (excludes halogenated alkanes) is 1. The molecule has 0 spiro atoms. The third-order valence-corrected chi connectivity index (χ3v) is 5.69. The molecule has 0 aromatic heterocycles. The van der Waals surface area contributed by atoms with Crippen LogP contribution in [0.4, 0.5) is 0 Å². The van der Waals surface area contributed by atoms with Crippen LogP contribution in [0.5, 0.6) is 0 Å². The number of benzene rings is 1. The summed E-state index contributed by atoms with van der Waals surface area (Å²) < 4.78 is 18.7. The van der Waals surface area contributed by atoms with Crippen molar-refractivity contribution in [1.29, 1.82) is 0 Å². The molecular formula is C17H26O2S. The van der Waals surface area contributed by atoms with E-state index in [2.05, 4.69) is 13.8 Å². The molecule has 1 saturated heterocycles. The van der Waals surface area contributed by atoms with Crippen LogP contribution in [0.3, 0.4) is 0 Å². The lowest BCUT2D eigenvalue weighted by atomic mass is 9.90. The van der Waals surface area contributed by atoms with E-state index in [0.29, 0.717) is 5.75 Å². The molecule has 1 fully saturated rings. The van der Waals surface area contributed by atoms with E-state index in [1.54, 1.807) is 0 Å². The van der Waals surface area contributed by atoms with Crippen molar-refractivity contribution in [3.05, 3.63) is 29.8 Å². The third kappa shape index (κ3) is 4.16. The minimum atomic E-state index is -0.957. The Morgan fingerprint density at radius 2 is 2.00 bits per heavy atom. The van der Waals surface area contributed by atoms with Crippen LogP contribution in [-0.2, 0) is 15.5 Å². The van der Waals surface area contributed by atoms with Crippen LogP contribution in [0.2, 0.25) is 0 Å². The summed E-state index contributed by atoms with van der Waals surface area (Å²) in [5.41, 5.74) is 1.06. The Kier molecular flexibility index (Phi) is 5.79. The van der Waals surface area contributed by atoms with E-state index in [4.69, 9.17) is 4.74 Å². The lowest BCUT2D eigenvalue weighted by molar-refractivity contribution is -0.0680. The smallest absolute Gasteiger partial charge is 0.0800 e. The molecule has 0 unspecified atom stereocenters. The van der Waals surface area contributed by atoms with Crippen LogP contribution in [0.15, 0.2) is 29.2 Å². The second-order valence-electron chi connectivity index (χ2n) is 5.90. The maximum Gasteiger partial charge on any atom is 0.0800 e. The average Bonchev–Trinajstić information content (AvgIpc) is 2.47. The predicted octanol–water partition coefficient (Wildman–Crippen LogP) is 4.23. The van der Waals surface area contributed by atoms with Crippen molar-refractivity contribution in [3.63, 3.8) is 0 Å². The highest BCUT2D eigenvalue weighted by atomic mass is 32.2. The fraction of sp³-hybridized carbons (Fsp3) is 0.647. The van der Waals surface area contributed by atoms with Gasteiger partial charge in [0.05, 0.1) is 22.2 Å². The molecule has 3 heteroatoms. The summed E-state index contributed by atoms with van der Waals surface area (Å²) in [6.45, 7) is 5.09. The first-order valence-electron chi connectivity index (χ1n) is 7.74. The van der Waals surface area contributed by atoms with Crippen molar-refractivity contribution in [2.24, 2.45) is 0 Å². The summed E-state index contributed by atoms with van der Waals surface area (Å²) in [5.74, 6) is 0.649. The average molecular weight is 294 g/mol. The van der Waals surface area contributed by atoms with Gasteiger partial charge in [-0.15, -0.1) is 0 Å². The molecule has 1 aliphatic heterocycles. The summed E-state index contributed by atoms with van der Waals surface area (Å²) in [5, 5.41) is 0. The Morgan fingerprint density at radius 3 is 2.60 bits per heavy atom. The van der Waals surface area contributed by atoms with Gasteiger partial charge in [-0.25, -0.2) is 0 Å². The van der Waals surface area contributed by atoms with E-state index < -0.39 is 10.8 Å². The summed E-state index contributed by atoms with van der Waals surface area (Å²) in [6, 6.07) is 8.05. The Bertz CT molecular complexity index is 433. The molecule has 1 aromatic rings. The fourth-order valence-corrected chi connectivity index (χ4v) is 4.26. The second-order valence-corrected chi connectivity index (χ2v) is 7.35. The van der Waals surface area contributed by atoms with E-state index in [0.717, 1.165) is 37.2 Å². The summed E-state index contributed by atoms with van der Waals surface area (Å²) in [4.78, 5) is 0.931. The van der Waals surface area contributed by atoms with Crippen molar-refractivity contribution in [2.45, 2.75) is 62.9 Å². The van der Waals surface area contributed by atoms with Crippen LogP contribution >= 0.6 is 0 Å². The zero-order chi connectivity index (χ0) is 14.4. The molecule has 0 radical (unpaired) electrons. The van der Waals surface area contributed by atoms with Crippen LogP contribution in [0.1, 0.15) is 51.0 Å². The normalized spacial score (nSPS) is 24.5. The number of aryl methyl sites for hydroxylation is 1. The maximum atomic E-state index is 12.6. The lowest BCUT2D eigenvalue weighted by Crippen LogP contribution is -2.41. The van der Waals surface area contributed by atoms with Gasteiger partial charge in [-0.05, 0) is 44.7 Å². The van der Waals surface area contributed by atoms with Crippen molar-refractivity contribution in [3.8, 4) is 0 Å². The van der Waals surface area contributed by atoms with Gasteiger partial charge in [0.1, 0.15) is 0 Å². The standard InChI is InChI=1S/C17H26O2S/c1-3-4-11-17(12-5-6-13-19-17)14-20(18)16-9-7-15(2)8-10-16/h7-10H,3-6,11-14H2,1-2H3/t17-,20+/m0/s1. The first kappa shape index (κ1) is 15.7. The van der Waals surface area contributed by atoms with Crippen LogP contribution in [0, 0.1) is 6.92 Å². The molecule has 20 heavy (non-hydrogen) atoms. The molecule has 2 rings (SSSR count). The third-order valence-electron chi connectivity index (χ3n) is 4.10. The minimum Gasteiger partial charge on any atom is -0.374 e. The first-order valence-corrected chi connectivity index (χ1v) is 9.06. The first-order chi connectivity index (χ1) is 9.65. The molecule has 112 valence electrons. The molecule has 2 atom stereocenters. The topological polar surface area (TPSA) is 26.3 Å². The summed E-state index contributed by atoms with van der Waals surface area (Å²) >= 11 is 0. The van der Waals surface area contributed by atoms with E-state index in [1.807, 2.05) is 24.3 Å². The van der Waals surface area contributed by atoms with Crippen molar-refractivity contribution >= 4 is 10.8 Å². The molecular weight excluding hydrogens is 268 g/mol. The number of hydrogen-bond donors (Lipinski definition) is 0. The van der Waals surface area contributed by atoms with E-state index >= 15 is 0 Å². The van der Waals surface area contributed by atoms with Gasteiger partial charge in [-0.1, -0.05) is 37.5 Å². The number of ether oxygens (including phenoxy) is 1. The van der Waals surface area contributed by atoms with Gasteiger partial charge in [0.15, 0.2) is 0 Å². The number of hydrogen-bond acceptors (Lipinski definition) is 2. The predicted molar refractivity (Wildman–Crippen MR) is 84.5 cm³/mol. The molecule has 0 aliphatic carbocycles. The number of rotatable bonds is 6. The van der Waals surface area contributed by atoms with Gasteiger partial charge in [0.2, 0.25) is 0 Å². The second kappa shape index (κ2) is 7.37. The van der Waals surface area contributed by atoms with Crippen LogP contribution in [-0.4, -0.2) is 22.2 Å². The zero-order valence-electron chi connectivity index (χ0n) is 12.7. The molecule has 0 amide bonds. The summed E-state index contributed by atoms with van der Waals surface area (Å²) in [6.07, 6.45) is 6.78. The maximum absolute atomic E-state index is 12.6. The quantitative estimate of drug-likeness (QED) is 0.784. The van der Waals surface area contributed by atoms with Gasteiger partial charge >= 0.3 is 0 Å². The van der Waals surface area contributed by atoms with Gasteiger partial charge in [0, 0.05) is 11.5 Å². The Hall–Kier alpha value is -0.670. The molecule has 0 saturated carbocycles. The highest BCUT2D eigenvalue weighted by molar-refractivity contribution is 7.85. The molecule has 1 aromatic carbocycles. The van der Waals surface area contributed by atoms with E-state index in [9.17, 15) is 4.21 Å². The van der Waals surface area contributed by atoms with E-state index in [-0.39, 0.29) is 5.60 Å². The Balaban J connectivity index is 2.06. The zero-order valence-corrected chi connectivity index (χ0v) is 13.5. The van der Waals surface area contributed by atoms with Gasteiger partial charge < -0.3 is 4.74 Å². The fourth-order valence-electron chi connectivity index (χ4n) is 2.80. The largest absolute Gasteiger partial charge is 0.374 e.